The molecule has 1 aromatic heterocycles. The SMILES string of the molecule is CCCn1cncc1C(CN)OCCCO. The van der Waals surface area contributed by atoms with Crippen molar-refractivity contribution in [2.45, 2.75) is 32.4 Å². The standard InChI is InChI=1S/C11H21N3O2/c1-2-4-14-9-13-8-10(14)11(7-12)16-6-3-5-15/h8-9,11,15H,2-7,12H2,1H3. The molecule has 0 bridgehead atoms. The average molecular weight is 227 g/mol. The van der Waals surface area contributed by atoms with E-state index in [9.17, 15) is 0 Å². The first-order valence-electron chi connectivity index (χ1n) is 5.76. The first-order chi connectivity index (χ1) is 7.83. The van der Waals surface area contributed by atoms with Crippen molar-refractivity contribution in [2.75, 3.05) is 19.8 Å². The number of hydrogen-bond acceptors (Lipinski definition) is 4. The Morgan fingerprint density at radius 3 is 3.06 bits per heavy atom. The van der Waals surface area contributed by atoms with E-state index in [1.807, 2.05) is 0 Å². The third-order valence-corrected chi connectivity index (χ3v) is 2.37. The van der Waals surface area contributed by atoms with E-state index in [-0.39, 0.29) is 12.7 Å². The van der Waals surface area contributed by atoms with Crippen LogP contribution in [0.3, 0.4) is 0 Å². The molecule has 0 fully saturated rings. The van der Waals surface area contributed by atoms with Crippen LogP contribution < -0.4 is 5.73 Å². The fourth-order valence-electron chi connectivity index (χ4n) is 1.59. The van der Waals surface area contributed by atoms with Gasteiger partial charge in [-0.2, -0.15) is 0 Å². The number of hydrogen-bond donors (Lipinski definition) is 2. The molecule has 0 spiro atoms. The predicted octanol–water partition coefficient (Wildman–Crippen LogP) is 0.692. The van der Waals surface area contributed by atoms with Crippen LogP contribution in [0.5, 0.6) is 0 Å². The van der Waals surface area contributed by atoms with Gasteiger partial charge in [0.15, 0.2) is 0 Å². The Hall–Kier alpha value is -0.910. The molecule has 1 rings (SSSR count). The van der Waals surface area contributed by atoms with E-state index in [4.69, 9.17) is 15.6 Å². The van der Waals surface area contributed by atoms with Crippen LogP contribution in [-0.4, -0.2) is 34.4 Å². The molecule has 5 nitrogen and oxygen atoms in total. The maximum absolute atomic E-state index is 8.69. The lowest BCUT2D eigenvalue weighted by Crippen LogP contribution is -2.20. The molecule has 1 unspecified atom stereocenters. The minimum absolute atomic E-state index is 0.124. The summed E-state index contributed by atoms with van der Waals surface area (Å²) < 4.78 is 7.68. The Morgan fingerprint density at radius 2 is 2.44 bits per heavy atom. The average Bonchev–Trinajstić information content (AvgIpc) is 2.73. The Morgan fingerprint density at radius 1 is 1.62 bits per heavy atom. The van der Waals surface area contributed by atoms with Crippen molar-refractivity contribution in [1.82, 2.24) is 9.55 Å². The Balaban J connectivity index is 2.59. The van der Waals surface area contributed by atoms with E-state index >= 15 is 0 Å². The van der Waals surface area contributed by atoms with Crippen molar-refractivity contribution in [3.8, 4) is 0 Å². The number of imidazole rings is 1. The summed E-state index contributed by atoms with van der Waals surface area (Å²) >= 11 is 0. The molecular weight excluding hydrogens is 206 g/mol. The first-order valence-corrected chi connectivity index (χ1v) is 5.76. The molecule has 0 radical (unpaired) electrons. The molecule has 0 aliphatic heterocycles. The zero-order valence-electron chi connectivity index (χ0n) is 9.80. The van der Waals surface area contributed by atoms with Crippen LogP contribution in [0.1, 0.15) is 31.6 Å². The third kappa shape index (κ3) is 3.59. The molecule has 1 aromatic rings. The normalized spacial score (nSPS) is 12.9. The number of aryl methyl sites for hydroxylation is 1. The third-order valence-electron chi connectivity index (χ3n) is 2.37. The molecule has 3 N–H and O–H groups in total. The molecule has 0 aromatic carbocycles. The van der Waals surface area contributed by atoms with Crippen LogP contribution in [0.25, 0.3) is 0 Å². The largest absolute Gasteiger partial charge is 0.396 e. The predicted molar refractivity (Wildman–Crippen MR) is 62.0 cm³/mol. The minimum atomic E-state index is -0.124. The smallest absolute Gasteiger partial charge is 0.111 e. The minimum Gasteiger partial charge on any atom is -0.396 e. The van der Waals surface area contributed by atoms with Crippen molar-refractivity contribution >= 4 is 0 Å². The van der Waals surface area contributed by atoms with Gasteiger partial charge in [0.2, 0.25) is 0 Å². The molecule has 5 heteroatoms. The van der Waals surface area contributed by atoms with Crippen molar-refractivity contribution in [3.05, 3.63) is 18.2 Å². The zero-order valence-corrected chi connectivity index (χ0v) is 9.80. The summed E-state index contributed by atoms with van der Waals surface area (Å²) in [4.78, 5) is 4.12. The molecule has 0 aliphatic carbocycles. The Kier molecular flexibility index (Phi) is 6.07. The molecule has 1 atom stereocenters. The molecule has 0 aliphatic rings. The van der Waals surface area contributed by atoms with Gasteiger partial charge in [0, 0.05) is 26.3 Å². The van der Waals surface area contributed by atoms with Crippen LogP contribution in [0.2, 0.25) is 0 Å². The van der Waals surface area contributed by atoms with Gasteiger partial charge >= 0.3 is 0 Å². The van der Waals surface area contributed by atoms with Crippen LogP contribution in [0.4, 0.5) is 0 Å². The number of aliphatic hydroxyl groups is 1. The van der Waals surface area contributed by atoms with Gasteiger partial charge in [-0.05, 0) is 12.8 Å². The molecule has 0 saturated heterocycles. The van der Waals surface area contributed by atoms with Gasteiger partial charge in [-0.1, -0.05) is 6.92 Å². The maximum Gasteiger partial charge on any atom is 0.111 e. The summed E-state index contributed by atoms with van der Waals surface area (Å²) in [6.45, 7) is 4.14. The first kappa shape index (κ1) is 13.2. The summed E-state index contributed by atoms with van der Waals surface area (Å²) in [5.74, 6) is 0. The van der Waals surface area contributed by atoms with E-state index in [1.165, 1.54) is 0 Å². The van der Waals surface area contributed by atoms with Gasteiger partial charge in [-0.3, -0.25) is 0 Å². The highest BCUT2D eigenvalue weighted by molar-refractivity contribution is 5.03. The number of aliphatic hydroxyl groups excluding tert-OH is 1. The van der Waals surface area contributed by atoms with Crippen LogP contribution in [-0.2, 0) is 11.3 Å². The number of rotatable bonds is 8. The highest BCUT2D eigenvalue weighted by Gasteiger charge is 2.14. The second-order valence-electron chi connectivity index (χ2n) is 3.68. The van der Waals surface area contributed by atoms with Gasteiger partial charge in [-0.25, -0.2) is 4.98 Å². The fraction of sp³-hybridized carbons (Fsp3) is 0.727. The quantitative estimate of drug-likeness (QED) is 0.641. The highest BCUT2D eigenvalue weighted by atomic mass is 16.5. The summed E-state index contributed by atoms with van der Waals surface area (Å²) in [6.07, 6.45) is 5.17. The summed E-state index contributed by atoms with van der Waals surface area (Å²) in [5, 5.41) is 8.69. The van der Waals surface area contributed by atoms with Crippen molar-refractivity contribution in [3.63, 3.8) is 0 Å². The van der Waals surface area contributed by atoms with E-state index in [2.05, 4.69) is 16.5 Å². The van der Waals surface area contributed by atoms with Gasteiger partial charge in [0.25, 0.3) is 0 Å². The van der Waals surface area contributed by atoms with Crippen molar-refractivity contribution in [2.24, 2.45) is 5.73 Å². The lowest BCUT2D eigenvalue weighted by Gasteiger charge is -2.17. The molecule has 0 saturated carbocycles. The topological polar surface area (TPSA) is 73.3 Å². The van der Waals surface area contributed by atoms with Gasteiger partial charge in [-0.15, -0.1) is 0 Å². The van der Waals surface area contributed by atoms with E-state index in [0.29, 0.717) is 19.6 Å². The number of nitrogens with zero attached hydrogens (tertiary/aromatic N) is 2. The second-order valence-corrected chi connectivity index (χ2v) is 3.68. The van der Waals surface area contributed by atoms with Gasteiger partial charge in [0.05, 0.1) is 18.2 Å². The Labute approximate surface area is 96.2 Å². The second kappa shape index (κ2) is 7.38. The van der Waals surface area contributed by atoms with Gasteiger partial charge < -0.3 is 20.1 Å². The van der Waals surface area contributed by atoms with Crippen molar-refractivity contribution < 1.29 is 9.84 Å². The number of ether oxygens (including phenoxy) is 1. The van der Waals surface area contributed by atoms with E-state index < -0.39 is 0 Å². The van der Waals surface area contributed by atoms with E-state index in [0.717, 1.165) is 18.7 Å². The van der Waals surface area contributed by atoms with E-state index in [1.54, 1.807) is 12.5 Å². The fourth-order valence-corrected chi connectivity index (χ4v) is 1.59. The van der Waals surface area contributed by atoms with Crippen molar-refractivity contribution in [1.29, 1.82) is 0 Å². The highest BCUT2D eigenvalue weighted by Crippen LogP contribution is 2.16. The summed E-state index contributed by atoms with van der Waals surface area (Å²) in [6, 6.07) is 0. The number of nitrogens with two attached hydrogens (primary N) is 1. The monoisotopic (exact) mass is 227 g/mol. The maximum atomic E-state index is 8.69. The lowest BCUT2D eigenvalue weighted by atomic mass is 10.2. The van der Waals surface area contributed by atoms with Crippen LogP contribution in [0, 0.1) is 0 Å². The number of aromatic nitrogens is 2. The molecular formula is C11H21N3O2. The molecule has 1 heterocycles. The van der Waals surface area contributed by atoms with Crippen LogP contribution >= 0.6 is 0 Å². The molecule has 0 amide bonds. The molecule has 16 heavy (non-hydrogen) atoms. The van der Waals surface area contributed by atoms with Gasteiger partial charge in [0.1, 0.15) is 6.10 Å². The zero-order chi connectivity index (χ0) is 11.8. The molecule has 92 valence electrons. The summed E-state index contributed by atoms with van der Waals surface area (Å²) in [5.41, 5.74) is 6.70. The summed E-state index contributed by atoms with van der Waals surface area (Å²) in [7, 11) is 0. The Bertz CT molecular complexity index is 289. The lowest BCUT2D eigenvalue weighted by molar-refractivity contribution is 0.0440. The van der Waals surface area contributed by atoms with Crippen LogP contribution in [0.15, 0.2) is 12.5 Å².